The summed E-state index contributed by atoms with van der Waals surface area (Å²) in [4.78, 5) is 9.51. The highest BCUT2D eigenvalue weighted by Crippen LogP contribution is 2.09. The predicted octanol–water partition coefficient (Wildman–Crippen LogP) is 3.27. The van der Waals surface area contributed by atoms with E-state index in [9.17, 15) is 0 Å². The molecule has 0 spiro atoms. The fourth-order valence-electron chi connectivity index (χ4n) is 4.24. The van der Waals surface area contributed by atoms with Gasteiger partial charge in [-0.3, -0.25) is 14.6 Å². The molecule has 1 aromatic heterocycles. The number of hydrogen-bond acceptors (Lipinski definition) is 4. The van der Waals surface area contributed by atoms with Crippen LogP contribution in [0, 0.1) is 13.8 Å². The molecule has 33 heavy (non-hydrogen) atoms. The zero-order valence-electron chi connectivity index (χ0n) is 20.6. The molecule has 2 aromatic rings. The number of nitrogens with zero attached hydrogens (tertiary/aromatic N) is 5. The van der Waals surface area contributed by atoms with Gasteiger partial charge in [0, 0.05) is 65.1 Å². The molecule has 1 aromatic carbocycles. The lowest BCUT2D eigenvalue weighted by atomic mass is 10.2. The van der Waals surface area contributed by atoms with Crippen molar-refractivity contribution in [3.05, 3.63) is 53.3 Å². The third-order valence-corrected chi connectivity index (χ3v) is 6.07. The number of piperazine rings is 1. The van der Waals surface area contributed by atoms with Crippen LogP contribution in [0.15, 0.2) is 41.4 Å². The van der Waals surface area contributed by atoms with Gasteiger partial charge in [0.1, 0.15) is 0 Å². The molecule has 2 N–H and O–H groups in total. The summed E-state index contributed by atoms with van der Waals surface area (Å²) in [7, 11) is 1.84. The van der Waals surface area contributed by atoms with Gasteiger partial charge in [-0.1, -0.05) is 30.3 Å². The van der Waals surface area contributed by atoms with Gasteiger partial charge < -0.3 is 15.5 Å². The molecular weight excluding hydrogens is 525 g/mol. The molecule has 0 unspecified atom stereocenters. The van der Waals surface area contributed by atoms with Crippen LogP contribution >= 0.6 is 24.0 Å². The first-order chi connectivity index (χ1) is 15.6. The Kier molecular flexibility index (Phi) is 12.8. The minimum atomic E-state index is 0. The van der Waals surface area contributed by atoms with E-state index in [4.69, 9.17) is 0 Å². The van der Waals surface area contributed by atoms with Gasteiger partial charge in [0.05, 0.1) is 5.69 Å². The van der Waals surface area contributed by atoms with E-state index in [1.165, 1.54) is 50.4 Å². The number of guanidine groups is 1. The SMILES string of the molecule is CN=C(NCCCCN1CCN(Cc2ccccc2)CC1)NCCCn1nc(C)cc1C.I. The van der Waals surface area contributed by atoms with E-state index in [0.29, 0.717) is 0 Å². The fraction of sp³-hybridized carbons (Fsp3) is 0.600. The summed E-state index contributed by atoms with van der Waals surface area (Å²) in [5.74, 6) is 0.896. The molecule has 8 heteroatoms. The van der Waals surface area contributed by atoms with Crippen LogP contribution in [-0.4, -0.2) is 78.4 Å². The lowest BCUT2D eigenvalue weighted by Gasteiger charge is -2.34. The maximum atomic E-state index is 4.51. The highest BCUT2D eigenvalue weighted by molar-refractivity contribution is 14.0. The summed E-state index contributed by atoms with van der Waals surface area (Å²) < 4.78 is 2.08. The average molecular weight is 568 g/mol. The number of halogens is 1. The van der Waals surface area contributed by atoms with Crippen molar-refractivity contribution in [2.24, 2.45) is 4.99 Å². The first-order valence-corrected chi connectivity index (χ1v) is 12.1. The van der Waals surface area contributed by atoms with Crippen LogP contribution in [0.3, 0.4) is 0 Å². The Morgan fingerprint density at radius 3 is 2.21 bits per heavy atom. The third kappa shape index (κ3) is 10.0. The zero-order chi connectivity index (χ0) is 22.6. The Balaban J connectivity index is 0.00000385. The number of aryl methyl sites for hydroxylation is 3. The predicted molar refractivity (Wildman–Crippen MR) is 148 cm³/mol. The van der Waals surface area contributed by atoms with Crippen LogP contribution in [0.4, 0.5) is 0 Å². The van der Waals surface area contributed by atoms with E-state index < -0.39 is 0 Å². The van der Waals surface area contributed by atoms with Crippen molar-refractivity contribution in [2.45, 2.75) is 46.2 Å². The zero-order valence-corrected chi connectivity index (χ0v) is 22.9. The van der Waals surface area contributed by atoms with E-state index >= 15 is 0 Å². The van der Waals surface area contributed by atoms with Gasteiger partial charge in [-0.05, 0) is 51.3 Å². The van der Waals surface area contributed by atoms with E-state index in [1.807, 2.05) is 14.0 Å². The molecular formula is C25H42IN7. The maximum Gasteiger partial charge on any atom is 0.190 e. The minimum absolute atomic E-state index is 0. The summed E-state index contributed by atoms with van der Waals surface area (Å²) in [5, 5.41) is 11.4. The number of aromatic nitrogens is 2. The van der Waals surface area contributed by atoms with Crippen molar-refractivity contribution < 1.29 is 0 Å². The second-order valence-electron chi connectivity index (χ2n) is 8.74. The van der Waals surface area contributed by atoms with Crippen LogP contribution < -0.4 is 10.6 Å². The molecule has 1 aliphatic heterocycles. The number of hydrogen-bond donors (Lipinski definition) is 2. The molecule has 1 aliphatic rings. The Bertz CT molecular complexity index is 813. The van der Waals surface area contributed by atoms with Gasteiger partial charge in [0.25, 0.3) is 0 Å². The van der Waals surface area contributed by atoms with Crippen LogP contribution in [-0.2, 0) is 13.1 Å². The first-order valence-electron chi connectivity index (χ1n) is 12.1. The summed E-state index contributed by atoms with van der Waals surface area (Å²) >= 11 is 0. The fourth-order valence-corrected chi connectivity index (χ4v) is 4.24. The van der Waals surface area contributed by atoms with Crippen molar-refractivity contribution in [3.8, 4) is 0 Å². The largest absolute Gasteiger partial charge is 0.356 e. The molecule has 0 amide bonds. The Labute approximate surface area is 217 Å². The van der Waals surface area contributed by atoms with Gasteiger partial charge in [0.15, 0.2) is 5.96 Å². The monoisotopic (exact) mass is 567 g/mol. The molecule has 0 bridgehead atoms. The van der Waals surface area contributed by atoms with Gasteiger partial charge in [0.2, 0.25) is 0 Å². The maximum absolute atomic E-state index is 4.51. The Morgan fingerprint density at radius 2 is 1.58 bits per heavy atom. The van der Waals surface area contributed by atoms with Crippen molar-refractivity contribution in [2.75, 3.05) is 52.9 Å². The second kappa shape index (κ2) is 15.3. The Hall–Kier alpha value is -1.65. The highest BCUT2D eigenvalue weighted by atomic mass is 127. The van der Waals surface area contributed by atoms with Crippen molar-refractivity contribution in [3.63, 3.8) is 0 Å². The Morgan fingerprint density at radius 1 is 0.909 bits per heavy atom. The molecule has 3 rings (SSSR count). The second-order valence-corrected chi connectivity index (χ2v) is 8.74. The highest BCUT2D eigenvalue weighted by Gasteiger charge is 2.16. The van der Waals surface area contributed by atoms with Gasteiger partial charge >= 0.3 is 0 Å². The van der Waals surface area contributed by atoms with E-state index in [1.54, 1.807) is 0 Å². The summed E-state index contributed by atoms with van der Waals surface area (Å²) in [6, 6.07) is 12.9. The molecule has 1 saturated heterocycles. The molecule has 7 nitrogen and oxygen atoms in total. The van der Waals surface area contributed by atoms with Crippen LogP contribution in [0.5, 0.6) is 0 Å². The van der Waals surface area contributed by atoms with Gasteiger partial charge in [-0.2, -0.15) is 5.10 Å². The lowest BCUT2D eigenvalue weighted by molar-refractivity contribution is 0.126. The van der Waals surface area contributed by atoms with Gasteiger partial charge in [-0.15, -0.1) is 24.0 Å². The average Bonchev–Trinajstić information content (AvgIpc) is 3.13. The first kappa shape index (κ1) is 27.6. The molecule has 184 valence electrons. The number of unbranched alkanes of at least 4 members (excludes halogenated alkanes) is 1. The van der Waals surface area contributed by atoms with E-state index in [0.717, 1.165) is 50.7 Å². The molecule has 1 fully saturated rings. The molecule has 0 saturated carbocycles. The third-order valence-electron chi connectivity index (χ3n) is 6.07. The summed E-state index contributed by atoms with van der Waals surface area (Å²) in [5.41, 5.74) is 3.73. The summed E-state index contributed by atoms with van der Waals surface area (Å²) in [6.07, 6.45) is 3.41. The van der Waals surface area contributed by atoms with Crippen LogP contribution in [0.1, 0.15) is 36.2 Å². The number of aliphatic imine (C=N–C) groups is 1. The number of rotatable bonds is 11. The number of benzene rings is 1. The van der Waals surface area contributed by atoms with E-state index in [2.05, 4.69) is 78.5 Å². The topological polar surface area (TPSA) is 60.7 Å². The quantitative estimate of drug-likeness (QED) is 0.189. The molecule has 0 radical (unpaired) electrons. The normalized spacial score (nSPS) is 15.3. The van der Waals surface area contributed by atoms with Crippen LogP contribution in [0.25, 0.3) is 0 Å². The minimum Gasteiger partial charge on any atom is -0.356 e. The summed E-state index contributed by atoms with van der Waals surface area (Å²) in [6.45, 7) is 13.9. The van der Waals surface area contributed by atoms with Crippen molar-refractivity contribution in [1.82, 2.24) is 30.2 Å². The van der Waals surface area contributed by atoms with E-state index in [-0.39, 0.29) is 24.0 Å². The van der Waals surface area contributed by atoms with Crippen molar-refractivity contribution in [1.29, 1.82) is 0 Å². The van der Waals surface area contributed by atoms with Crippen molar-refractivity contribution >= 4 is 29.9 Å². The molecule has 0 aliphatic carbocycles. The van der Waals surface area contributed by atoms with Gasteiger partial charge in [-0.25, -0.2) is 0 Å². The standard InChI is InChI=1S/C25H41N7.HI/c1-22-20-23(2)32(29-22)15-9-13-28-25(26-3)27-12-7-8-14-30-16-18-31(19-17-30)21-24-10-5-4-6-11-24;/h4-6,10-11,20H,7-9,12-19,21H2,1-3H3,(H2,26,27,28);1H. The molecule has 2 heterocycles. The smallest absolute Gasteiger partial charge is 0.190 e. The van der Waals surface area contributed by atoms with Crippen LogP contribution in [0.2, 0.25) is 0 Å². The molecule has 0 atom stereocenters. The lowest BCUT2D eigenvalue weighted by Crippen LogP contribution is -2.46. The number of nitrogens with one attached hydrogen (secondary N) is 2.